The van der Waals surface area contributed by atoms with Crippen LogP contribution in [0.3, 0.4) is 0 Å². The monoisotopic (exact) mass is 560 g/mol. The molecular weight excluding hydrogens is 528 g/mol. The predicted molar refractivity (Wildman–Crippen MR) is 145 cm³/mol. The first-order chi connectivity index (χ1) is 16.9. The van der Waals surface area contributed by atoms with Crippen LogP contribution in [0.2, 0.25) is 5.02 Å². The lowest BCUT2D eigenvalue weighted by atomic mass is 9.95. The summed E-state index contributed by atoms with van der Waals surface area (Å²) in [5.41, 5.74) is 1.37. The first-order valence-electron chi connectivity index (χ1n) is 12.4. The van der Waals surface area contributed by atoms with E-state index in [9.17, 15) is 14.7 Å². The molecule has 1 saturated heterocycles. The third-order valence-corrected chi connectivity index (χ3v) is 7.15. The Labute approximate surface area is 221 Å². The number of rotatable bonds is 12. The molecule has 1 amide bonds. The fourth-order valence-electron chi connectivity index (χ4n) is 4.43. The van der Waals surface area contributed by atoms with Crippen molar-refractivity contribution in [1.29, 1.82) is 0 Å². The van der Waals surface area contributed by atoms with Gasteiger partial charge in [0.2, 0.25) is 0 Å². The van der Waals surface area contributed by atoms with Crippen LogP contribution >= 0.6 is 27.5 Å². The number of Topliss-reactive ketones (excluding diaryl/α,β-unsaturated/α-hetero) is 1. The first-order valence-corrected chi connectivity index (χ1v) is 13.6. The lowest BCUT2D eigenvalue weighted by Gasteiger charge is -2.27. The summed E-state index contributed by atoms with van der Waals surface area (Å²) < 4.78 is 0.861. The lowest BCUT2D eigenvalue weighted by molar-refractivity contribution is -0.140. The van der Waals surface area contributed by atoms with E-state index in [1.165, 1.54) is 0 Å². The van der Waals surface area contributed by atoms with Crippen molar-refractivity contribution in [1.82, 2.24) is 9.80 Å². The van der Waals surface area contributed by atoms with Gasteiger partial charge in [0, 0.05) is 21.6 Å². The fourth-order valence-corrected chi connectivity index (χ4v) is 4.82. The number of aliphatic hydroxyl groups excluding tert-OH is 1. The van der Waals surface area contributed by atoms with E-state index in [1.54, 1.807) is 41.3 Å². The molecule has 2 aromatic rings. The number of aliphatic hydroxyl groups is 1. The number of unbranched alkanes of at least 4 members (excludes halogenated alkanes) is 2. The molecule has 1 aliphatic heterocycles. The Kier molecular flexibility index (Phi) is 10.4. The van der Waals surface area contributed by atoms with Crippen molar-refractivity contribution in [3.8, 4) is 0 Å². The number of benzene rings is 2. The summed E-state index contributed by atoms with van der Waals surface area (Å²) in [7, 11) is 0. The van der Waals surface area contributed by atoms with Gasteiger partial charge in [-0.2, -0.15) is 0 Å². The molecule has 188 valence electrons. The number of halogens is 2. The summed E-state index contributed by atoms with van der Waals surface area (Å²) in [5.74, 6) is -1.39. The van der Waals surface area contributed by atoms with E-state index in [1.807, 2.05) is 12.1 Å². The first kappa shape index (κ1) is 27.4. The molecule has 2 aromatic carbocycles. The van der Waals surface area contributed by atoms with Crippen LogP contribution < -0.4 is 0 Å². The molecule has 0 aromatic heterocycles. The topological polar surface area (TPSA) is 60.9 Å². The highest BCUT2D eigenvalue weighted by Crippen LogP contribution is 2.39. The number of amides is 1. The minimum absolute atomic E-state index is 0.119. The number of carbonyl (C=O) groups excluding carboxylic acids is 2. The summed E-state index contributed by atoms with van der Waals surface area (Å²) in [4.78, 5) is 30.4. The van der Waals surface area contributed by atoms with Gasteiger partial charge in [-0.15, -0.1) is 0 Å². The zero-order chi connectivity index (χ0) is 25.4. The smallest absolute Gasteiger partial charge is 0.295 e. The van der Waals surface area contributed by atoms with Crippen molar-refractivity contribution in [2.24, 2.45) is 0 Å². The normalized spacial score (nSPS) is 17.5. The number of likely N-dealkylation sites (tertiary alicyclic amines) is 1. The quantitative estimate of drug-likeness (QED) is 0.176. The van der Waals surface area contributed by atoms with Gasteiger partial charge in [0.15, 0.2) is 0 Å². The van der Waals surface area contributed by atoms with Gasteiger partial charge in [0.1, 0.15) is 5.76 Å². The van der Waals surface area contributed by atoms with E-state index in [-0.39, 0.29) is 11.3 Å². The molecule has 1 N–H and O–H groups in total. The van der Waals surface area contributed by atoms with E-state index >= 15 is 0 Å². The summed E-state index contributed by atoms with van der Waals surface area (Å²) in [6.07, 6.45) is 5.33. The van der Waals surface area contributed by atoms with Crippen LogP contribution in [0.5, 0.6) is 0 Å². The Bertz CT molecular complexity index is 1030. The molecule has 0 spiro atoms. The molecule has 3 rings (SSSR count). The van der Waals surface area contributed by atoms with Crippen LogP contribution in [0, 0.1) is 0 Å². The van der Waals surface area contributed by atoms with Crippen molar-refractivity contribution in [2.45, 2.75) is 52.0 Å². The molecule has 1 unspecified atom stereocenters. The van der Waals surface area contributed by atoms with Crippen molar-refractivity contribution in [3.05, 3.63) is 74.7 Å². The van der Waals surface area contributed by atoms with Gasteiger partial charge < -0.3 is 14.9 Å². The third kappa shape index (κ3) is 6.96. The number of nitrogens with zero attached hydrogens (tertiary/aromatic N) is 2. The second-order valence-electron chi connectivity index (χ2n) is 8.95. The highest BCUT2D eigenvalue weighted by Gasteiger charge is 2.45. The molecule has 0 bridgehead atoms. The van der Waals surface area contributed by atoms with Crippen LogP contribution in [-0.4, -0.2) is 52.8 Å². The number of ketones is 1. The van der Waals surface area contributed by atoms with Crippen LogP contribution in [0.4, 0.5) is 0 Å². The zero-order valence-electron chi connectivity index (χ0n) is 20.5. The second kappa shape index (κ2) is 13.2. The van der Waals surface area contributed by atoms with Gasteiger partial charge in [-0.25, -0.2) is 0 Å². The number of hydrogen-bond donors (Lipinski definition) is 1. The largest absolute Gasteiger partial charge is 0.507 e. The molecule has 5 nitrogen and oxygen atoms in total. The van der Waals surface area contributed by atoms with Gasteiger partial charge in [-0.05, 0) is 68.7 Å². The number of hydrogen-bond acceptors (Lipinski definition) is 4. The molecule has 7 heteroatoms. The Hall–Kier alpha value is -2.15. The van der Waals surface area contributed by atoms with Crippen molar-refractivity contribution in [2.75, 3.05) is 26.2 Å². The van der Waals surface area contributed by atoms with E-state index in [4.69, 9.17) is 11.6 Å². The van der Waals surface area contributed by atoms with Crippen molar-refractivity contribution < 1.29 is 14.7 Å². The minimum Gasteiger partial charge on any atom is -0.507 e. The number of carbonyl (C=O) groups is 2. The molecule has 0 aliphatic carbocycles. The summed E-state index contributed by atoms with van der Waals surface area (Å²) in [5, 5.41) is 11.7. The van der Waals surface area contributed by atoms with E-state index in [0.717, 1.165) is 61.8 Å². The molecule has 1 heterocycles. The second-order valence-corrected chi connectivity index (χ2v) is 10.3. The Morgan fingerprint density at radius 2 is 1.51 bits per heavy atom. The summed E-state index contributed by atoms with van der Waals surface area (Å²) in [6.45, 7) is 7.76. The zero-order valence-corrected chi connectivity index (χ0v) is 22.8. The standard InChI is InChI=1S/C28H34BrClN2O3/c1-3-5-16-31(17-6-4-2)18-7-19-32-25(20-10-14-23(30)15-11-20)24(27(34)28(32)35)26(33)21-8-12-22(29)13-9-21/h8-15,25,33H,3-7,16-19H2,1-2H3/b26-24-. The maximum Gasteiger partial charge on any atom is 0.295 e. The van der Waals surface area contributed by atoms with Gasteiger partial charge in [-0.1, -0.05) is 78.5 Å². The Balaban J connectivity index is 1.90. The lowest BCUT2D eigenvalue weighted by Crippen LogP contribution is -2.34. The molecule has 1 aliphatic rings. The molecule has 1 fully saturated rings. The van der Waals surface area contributed by atoms with Gasteiger partial charge in [-0.3, -0.25) is 9.59 Å². The summed E-state index contributed by atoms with van der Waals surface area (Å²) >= 11 is 9.50. The third-order valence-electron chi connectivity index (χ3n) is 6.37. The van der Waals surface area contributed by atoms with Gasteiger partial charge in [0.05, 0.1) is 11.6 Å². The average Bonchev–Trinajstić information content (AvgIpc) is 3.10. The molecule has 1 atom stereocenters. The van der Waals surface area contributed by atoms with Crippen LogP contribution in [0.25, 0.3) is 5.76 Å². The molecule has 0 saturated carbocycles. The SMILES string of the molecule is CCCCN(CCCC)CCCN1C(=O)C(=O)/C(=C(\O)c2ccc(Br)cc2)C1c1ccc(Cl)cc1. The van der Waals surface area contributed by atoms with E-state index in [2.05, 4.69) is 34.7 Å². The minimum atomic E-state index is -0.657. The maximum atomic E-state index is 13.2. The van der Waals surface area contributed by atoms with Gasteiger partial charge in [0.25, 0.3) is 11.7 Å². The molecule has 0 radical (unpaired) electrons. The Morgan fingerprint density at radius 1 is 0.943 bits per heavy atom. The van der Waals surface area contributed by atoms with Gasteiger partial charge >= 0.3 is 0 Å². The Morgan fingerprint density at radius 3 is 2.09 bits per heavy atom. The predicted octanol–water partition coefficient (Wildman–Crippen LogP) is 6.82. The van der Waals surface area contributed by atoms with Crippen LogP contribution in [-0.2, 0) is 9.59 Å². The van der Waals surface area contributed by atoms with Crippen LogP contribution in [0.15, 0.2) is 58.6 Å². The molecule has 35 heavy (non-hydrogen) atoms. The molecular formula is C28H34BrClN2O3. The van der Waals surface area contributed by atoms with Crippen molar-refractivity contribution >= 4 is 45.0 Å². The average molecular weight is 562 g/mol. The van der Waals surface area contributed by atoms with E-state index in [0.29, 0.717) is 17.1 Å². The maximum absolute atomic E-state index is 13.2. The van der Waals surface area contributed by atoms with E-state index < -0.39 is 17.7 Å². The highest BCUT2D eigenvalue weighted by molar-refractivity contribution is 9.10. The summed E-state index contributed by atoms with van der Waals surface area (Å²) in [6, 6.07) is 13.5. The fraction of sp³-hybridized carbons (Fsp3) is 0.429. The van der Waals surface area contributed by atoms with Crippen LogP contribution in [0.1, 0.15) is 63.1 Å². The highest BCUT2D eigenvalue weighted by atomic mass is 79.9. The van der Waals surface area contributed by atoms with Crippen molar-refractivity contribution in [3.63, 3.8) is 0 Å².